The van der Waals surface area contributed by atoms with Crippen molar-refractivity contribution in [2.24, 2.45) is 5.73 Å². The minimum Gasteiger partial charge on any atom is -0.320 e. The molecule has 0 aliphatic rings. The van der Waals surface area contributed by atoms with Crippen molar-refractivity contribution in [2.45, 2.75) is 32.2 Å². The second-order valence-corrected chi connectivity index (χ2v) is 5.92. The van der Waals surface area contributed by atoms with Crippen LogP contribution in [0.1, 0.15) is 48.9 Å². The van der Waals surface area contributed by atoms with E-state index in [0.717, 1.165) is 22.0 Å². The van der Waals surface area contributed by atoms with Gasteiger partial charge in [0.15, 0.2) is 0 Å². The summed E-state index contributed by atoms with van der Waals surface area (Å²) in [4.78, 5) is 0. The zero-order valence-corrected chi connectivity index (χ0v) is 13.0. The average molecular weight is 318 g/mol. The quantitative estimate of drug-likeness (QED) is 0.842. The van der Waals surface area contributed by atoms with Crippen molar-refractivity contribution in [3.63, 3.8) is 0 Å². The summed E-state index contributed by atoms with van der Waals surface area (Å²) in [7, 11) is 0. The molecule has 100 valence electrons. The summed E-state index contributed by atoms with van der Waals surface area (Å²) in [6.07, 6.45) is 1.16. The summed E-state index contributed by atoms with van der Waals surface area (Å²) in [5.74, 6) is 0.608. The fourth-order valence-electron chi connectivity index (χ4n) is 2.16. The summed E-state index contributed by atoms with van der Waals surface area (Å²) in [5, 5.41) is 0. The minimum absolute atomic E-state index is 0.0662. The highest BCUT2D eigenvalue weighted by Gasteiger charge is 2.10. The molecule has 2 rings (SSSR count). The molecule has 0 spiro atoms. The molecule has 0 saturated carbocycles. The van der Waals surface area contributed by atoms with Gasteiger partial charge in [-0.1, -0.05) is 66.2 Å². The topological polar surface area (TPSA) is 26.0 Å². The smallest absolute Gasteiger partial charge is 0.0552 e. The van der Waals surface area contributed by atoms with E-state index in [1.807, 2.05) is 12.1 Å². The van der Waals surface area contributed by atoms with Gasteiger partial charge in [-0.15, -0.1) is 0 Å². The van der Waals surface area contributed by atoms with Gasteiger partial charge < -0.3 is 5.73 Å². The lowest BCUT2D eigenvalue weighted by Gasteiger charge is -2.15. The highest BCUT2D eigenvalue weighted by molar-refractivity contribution is 9.10. The van der Waals surface area contributed by atoms with Crippen LogP contribution in [0.15, 0.2) is 53.0 Å². The van der Waals surface area contributed by atoms with Crippen molar-refractivity contribution in [3.05, 3.63) is 69.7 Å². The Morgan fingerprint density at radius 1 is 1.00 bits per heavy atom. The predicted octanol–water partition coefficient (Wildman–Crippen LogP) is 5.01. The number of nitrogens with two attached hydrogens (primary N) is 1. The van der Waals surface area contributed by atoms with Gasteiger partial charge in [-0.25, -0.2) is 0 Å². The molecule has 1 nitrogen and oxygen atoms in total. The monoisotopic (exact) mass is 317 g/mol. The van der Waals surface area contributed by atoms with Crippen molar-refractivity contribution in [3.8, 4) is 0 Å². The van der Waals surface area contributed by atoms with E-state index in [1.165, 1.54) is 5.56 Å². The van der Waals surface area contributed by atoms with Crippen molar-refractivity contribution in [1.29, 1.82) is 0 Å². The molecule has 0 aliphatic heterocycles. The number of rotatable bonds is 4. The maximum atomic E-state index is 6.32. The molecule has 2 heteroatoms. The molecule has 2 aromatic carbocycles. The van der Waals surface area contributed by atoms with Crippen LogP contribution in [-0.2, 0) is 0 Å². The maximum Gasteiger partial charge on any atom is 0.0552 e. The molecule has 2 N–H and O–H groups in total. The average Bonchev–Trinajstić information content (AvgIpc) is 2.46. The van der Waals surface area contributed by atoms with Gasteiger partial charge in [-0.05, 0) is 41.2 Å². The second kappa shape index (κ2) is 6.36. The van der Waals surface area contributed by atoms with Gasteiger partial charge in [-0.2, -0.15) is 0 Å². The summed E-state index contributed by atoms with van der Waals surface area (Å²) in [6, 6.07) is 16.8. The van der Waals surface area contributed by atoms with Gasteiger partial charge in [0.05, 0.1) is 6.04 Å². The minimum atomic E-state index is -0.0662. The lowest BCUT2D eigenvalue weighted by atomic mass is 9.94. The van der Waals surface area contributed by atoms with E-state index in [1.54, 1.807) is 0 Å². The molecule has 2 unspecified atom stereocenters. The van der Waals surface area contributed by atoms with Crippen molar-refractivity contribution >= 4 is 15.9 Å². The van der Waals surface area contributed by atoms with E-state index in [0.29, 0.717) is 5.92 Å². The zero-order valence-electron chi connectivity index (χ0n) is 11.4. The number of hydrogen-bond acceptors (Lipinski definition) is 1. The van der Waals surface area contributed by atoms with Gasteiger partial charge in [0.2, 0.25) is 0 Å². The first-order chi connectivity index (χ1) is 9.11. The van der Waals surface area contributed by atoms with E-state index < -0.39 is 0 Å². The highest BCUT2D eigenvalue weighted by Crippen LogP contribution is 2.25. The fourth-order valence-corrected chi connectivity index (χ4v) is 2.58. The normalized spacial score (nSPS) is 14.1. The van der Waals surface area contributed by atoms with Gasteiger partial charge in [0.1, 0.15) is 0 Å². The summed E-state index contributed by atoms with van der Waals surface area (Å²) in [5.41, 5.74) is 9.99. The van der Waals surface area contributed by atoms with E-state index in [4.69, 9.17) is 5.73 Å². The standard InChI is InChI=1S/C17H20BrN/c1-3-12(2)13-7-9-14(10-8-13)17(19)15-5-4-6-16(18)11-15/h4-12,17H,3,19H2,1-2H3. The maximum absolute atomic E-state index is 6.32. The third-order valence-electron chi connectivity index (χ3n) is 3.68. The van der Waals surface area contributed by atoms with Crippen LogP contribution in [-0.4, -0.2) is 0 Å². The van der Waals surface area contributed by atoms with Gasteiger partial charge in [0, 0.05) is 4.47 Å². The molecule has 19 heavy (non-hydrogen) atoms. The highest BCUT2D eigenvalue weighted by atomic mass is 79.9. The van der Waals surface area contributed by atoms with Crippen molar-refractivity contribution in [1.82, 2.24) is 0 Å². The van der Waals surface area contributed by atoms with Crippen LogP contribution in [0.3, 0.4) is 0 Å². The van der Waals surface area contributed by atoms with Crippen molar-refractivity contribution in [2.75, 3.05) is 0 Å². The summed E-state index contributed by atoms with van der Waals surface area (Å²) >= 11 is 3.49. The van der Waals surface area contributed by atoms with Crippen LogP contribution in [0.4, 0.5) is 0 Å². The molecule has 0 amide bonds. The molecule has 0 radical (unpaired) electrons. The molecular formula is C17H20BrN. The molecule has 2 aromatic rings. The third-order valence-corrected chi connectivity index (χ3v) is 4.18. The third kappa shape index (κ3) is 3.46. The van der Waals surface area contributed by atoms with Crippen LogP contribution in [0.5, 0.6) is 0 Å². The SMILES string of the molecule is CCC(C)c1ccc(C(N)c2cccc(Br)c2)cc1. The molecule has 0 fully saturated rings. The molecule has 0 bridgehead atoms. The molecule has 0 saturated heterocycles. The number of benzene rings is 2. The summed E-state index contributed by atoms with van der Waals surface area (Å²) < 4.78 is 1.07. The Bertz CT molecular complexity index is 533. The first-order valence-corrected chi connectivity index (χ1v) is 7.52. The Labute approximate surface area is 124 Å². The van der Waals surface area contributed by atoms with Crippen molar-refractivity contribution < 1.29 is 0 Å². The van der Waals surface area contributed by atoms with Gasteiger partial charge >= 0.3 is 0 Å². The lowest BCUT2D eigenvalue weighted by molar-refractivity contribution is 0.732. The van der Waals surface area contributed by atoms with E-state index in [-0.39, 0.29) is 6.04 Å². The van der Waals surface area contributed by atoms with E-state index in [9.17, 15) is 0 Å². The molecule has 0 aromatic heterocycles. The second-order valence-electron chi connectivity index (χ2n) is 5.01. The van der Waals surface area contributed by atoms with Crippen LogP contribution in [0.25, 0.3) is 0 Å². The van der Waals surface area contributed by atoms with Gasteiger partial charge in [0.25, 0.3) is 0 Å². The Morgan fingerprint density at radius 2 is 1.63 bits per heavy atom. The Morgan fingerprint density at radius 3 is 2.21 bits per heavy atom. The summed E-state index contributed by atoms with van der Waals surface area (Å²) in [6.45, 7) is 4.47. The molecule has 2 atom stereocenters. The number of halogens is 1. The Hall–Kier alpha value is -1.12. The lowest BCUT2D eigenvalue weighted by Crippen LogP contribution is -2.11. The van der Waals surface area contributed by atoms with Crippen LogP contribution in [0.2, 0.25) is 0 Å². The Kier molecular flexibility index (Phi) is 4.78. The molecule has 0 heterocycles. The van der Waals surface area contributed by atoms with Crippen LogP contribution in [0, 0.1) is 0 Å². The first kappa shape index (κ1) is 14.3. The fraction of sp³-hybridized carbons (Fsp3) is 0.294. The first-order valence-electron chi connectivity index (χ1n) is 6.72. The van der Waals surface area contributed by atoms with Crippen LogP contribution >= 0.6 is 15.9 Å². The van der Waals surface area contributed by atoms with E-state index in [2.05, 4.69) is 66.2 Å². The van der Waals surface area contributed by atoms with E-state index >= 15 is 0 Å². The zero-order chi connectivity index (χ0) is 13.8. The molecule has 0 aliphatic carbocycles. The Balaban J connectivity index is 2.22. The largest absolute Gasteiger partial charge is 0.320 e. The van der Waals surface area contributed by atoms with Crippen LogP contribution < -0.4 is 5.73 Å². The van der Waals surface area contributed by atoms with Gasteiger partial charge in [-0.3, -0.25) is 0 Å². The molecular weight excluding hydrogens is 298 g/mol. The predicted molar refractivity (Wildman–Crippen MR) is 85.3 cm³/mol. The number of hydrogen-bond donors (Lipinski definition) is 1.